The standard InChI is InChI=1S/C16H21FN4.ClH/c1-13-8-18-6-7-20(13)10-15-9-19-21(12-15)11-14-2-4-16(17)5-3-14;/h2-5,9,12-13,18H,6-8,10-11H2,1H3;1H/t13-;/m1./s1. The van der Waals surface area contributed by atoms with E-state index < -0.39 is 0 Å². The smallest absolute Gasteiger partial charge is 0.123 e. The highest BCUT2D eigenvalue weighted by atomic mass is 35.5. The van der Waals surface area contributed by atoms with Crippen LogP contribution in [0.4, 0.5) is 4.39 Å². The summed E-state index contributed by atoms with van der Waals surface area (Å²) in [7, 11) is 0. The van der Waals surface area contributed by atoms with Crippen molar-refractivity contribution >= 4 is 12.4 Å². The minimum absolute atomic E-state index is 0. The quantitative estimate of drug-likeness (QED) is 0.936. The molecule has 1 aliphatic rings. The van der Waals surface area contributed by atoms with Crippen LogP contribution in [0.1, 0.15) is 18.1 Å². The third-order valence-electron chi connectivity index (χ3n) is 3.97. The van der Waals surface area contributed by atoms with Crippen LogP contribution in [0.2, 0.25) is 0 Å². The molecule has 2 aromatic rings. The maximum absolute atomic E-state index is 12.9. The van der Waals surface area contributed by atoms with Gasteiger partial charge in [-0.3, -0.25) is 9.58 Å². The zero-order valence-corrected chi connectivity index (χ0v) is 13.5. The van der Waals surface area contributed by atoms with Gasteiger partial charge in [0, 0.05) is 44.0 Å². The van der Waals surface area contributed by atoms with Crippen molar-refractivity contribution < 1.29 is 4.39 Å². The highest BCUT2D eigenvalue weighted by molar-refractivity contribution is 5.85. The maximum Gasteiger partial charge on any atom is 0.123 e. The number of hydrogen-bond donors (Lipinski definition) is 1. The average Bonchev–Trinajstić information content (AvgIpc) is 2.91. The van der Waals surface area contributed by atoms with Gasteiger partial charge in [0.05, 0.1) is 12.7 Å². The normalized spacial score (nSPS) is 18.9. The topological polar surface area (TPSA) is 33.1 Å². The van der Waals surface area contributed by atoms with Crippen LogP contribution in [0.25, 0.3) is 0 Å². The Labute approximate surface area is 136 Å². The third kappa shape index (κ3) is 4.29. The van der Waals surface area contributed by atoms with Crippen molar-refractivity contribution in [2.45, 2.75) is 26.1 Å². The largest absolute Gasteiger partial charge is 0.314 e. The number of halogens is 2. The molecule has 0 unspecified atom stereocenters. The first-order valence-electron chi connectivity index (χ1n) is 7.41. The van der Waals surface area contributed by atoms with Gasteiger partial charge in [0.15, 0.2) is 0 Å². The predicted molar refractivity (Wildman–Crippen MR) is 87.7 cm³/mol. The summed E-state index contributed by atoms with van der Waals surface area (Å²) in [5.41, 5.74) is 2.28. The molecule has 1 saturated heterocycles. The van der Waals surface area contributed by atoms with Gasteiger partial charge in [-0.15, -0.1) is 12.4 Å². The molecular weight excluding hydrogens is 303 g/mol. The lowest BCUT2D eigenvalue weighted by molar-refractivity contribution is 0.165. The van der Waals surface area contributed by atoms with E-state index >= 15 is 0 Å². The first-order chi connectivity index (χ1) is 10.2. The number of nitrogens with zero attached hydrogens (tertiary/aromatic N) is 3. The summed E-state index contributed by atoms with van der Waals surface area (Å²) < 4.78 is 14.8. The second-order valence-electron chi connectivity index (χ2n) is 5.70. The predicted octanol–water partition coefficient (Wildman–Crippen LogP) is 2.29. The molecule has 0 bridgehead atoms. The third-order valence-corrected chi connectivity index (χ3v) is 3.97. The van der Waals surface area contributed by atoms with Crippen LogP contribution in [0.5, 0.6) is 0 Å². The molecule has 2 heterocycles. The summed E-state index contributed by atoms with van der Waals surface area (Å²) in [5.74, 6) is -0.201. The van der Waals surface area contributed by atoms with E-state index in [4.69, 9.17) is 0 Å². The lowest BCUT2D eigenvalue weighted by Crippen LogP contribution is -2.49. The average molecular weight is 325 g/mol. The summed E-state index contributed by atoms with van der Waals surface area (Å²) in [5, 5.41) is 7.80. The molecule has 1 atom stereocenters. The fourth-order valence-corrected chi connectivity index (χ4v) is 2.70. The highest BCUT2D eigenvalue weighted by Crippen LogP contribution is 2.11. The van der Waals surface area contributed by atoms with E-state index in [1.165, 1.54) is 17.7 Å². The first-order valence-corrected chi connectivity index (χ1v) is 7.41. The first kappa shape index (κ1) is 16.9. The van der Waals surface area contributed by atoms with Crippen molar-refractivity contribution in [1.82, 2.24) is 20.0 Å². The molecular formula is C16H22ClFN4. The lowest BCUT2D eigenvalue weighted by atomic mass is 10.2. The van der Waals surface area contributed by atoms with E-state index in [1.807, 2.05) is 10.9 Å². The zero-order chi connectivity index (χ0) is 14.7. The monoisotopic (exact) mass is 324 g/mol. The minimum Gasteiger partial charge on any atom is -0.314 e. The number of nitrogens with one attached hydrogen (secondary N) is 1. The van der Waals surface area contributed by atoms with E-state index in [0.717, 1.165) is 31.7 Å². The van der Waals surface area contributed by atoms with Gasteiger partial charge in [-0.2, -0.15) is 5.10 Å². The van der Waals surface area contributed by atoms with E-state index in [1.54, 1.807) is 12.1 Å². The van der Waals surface area contributed by atoms with E-state index in [9.17, 15) is 4.39 Å². The van der Waals surface area contributed by atoms with E-state index in [0.29, 0.717) is 12.6 Å². The number of benzene rings is 1. The molecule has 1 fully saturated rings. The Morgan fingerprint density at radius 1 is 1.23 bits per heavy atom. The van der Waals surface area contributed by atoms with Gasteiger partial charge in [-0.05, 0) is 24.6 Å². The van der Waals surface area contributed by atoms with Crippen molar-refractivity contribution in [3.05, 3.63) is 53.6 Å². The molecule has 1 aliphatic heterocycles. The fraction of sp³-hybridized carbons (Fsp3) is 0.438. The van der Waals surface area contributed by atoms with Crippen LogP contribution in [-0.4, -0.2) is 40.4 Å². The Hall–Kier alpha value is -1.43. The van der Waals surface area contributed by atoms with Gasteiger partial charge >= 0.3 is 0 Å². The molecule has 0 radical (unpaired) electrons. The second kappa shape index (κ2) is 7.72. The zero-order valence-electron chi connectivity index (χ0n) is 12.7. The Balaban J connectivity index is 0.00000176. The van der Waals surface area contributed by atoms with Crippen molar-refractivity contribution in [3.63, 3.8) is 0 Å². The molecule has 0 spiro atoms. The summed E-state index contributed by atoms with van der Waals surface area (Å²) in [6, 6.07) is 7.13. The van der Waals surface area contributed by atoms with Gasteiger partial charge in [0.25, 0.3) is 0 Å². The van der Waals surface area contributed by atoms with Crippen molar-refractivity contribution in [1.29, 1.82) is 0 Å². The van der Waals surface area contributed by atoms with Gasteiger partial charge in [-0.1, -0.05) is 12.1 Å². The molecule has 22 heavy (non-hydrogen) atoms. The van der Waals surface area contributed by atoms with Crippen LogP contribution >= 0.6 is 12.4 Å². The molecule has 6 heteroatoms. The summed E-state index contributed by atoms with van der Waals surface area (Å²) in [6.07, 6.45) is 4.01. The lowest BCUT2D eigenvalue weighted by Gasteiger charge is -2.33. The van der Waals surface area contributed by atoms with Crippen LogP contribution in [0, 0.1) is 5.82 Å². The molecule has 3 rings (SSSR count). The molecule has 1 aromatic heterocycles. The van der Waals surface area contributed by atoms with Gasteiger partial charge < -0.3 is 5.32 Å². The summed E-state index contributed by atoms with van der Waals surface area (Å²) in [4.78, 5) is 2.47. The molecule has 4 nitrogen and oxygen atoms in total. The number of piperazine rings is 1. The van der Waals surface area contributed by atoms with Crippen LogP contribution in [0.15, 0.2) is 36.7 Å². The van der Waals surface area contributed by atoms with E-state index in [-0.39, 0.29) is 18.2 Å². The van der Waals surface area contributed by atoms with Gasteiger partial charge in [-0.25, -0.2) is 4.39 Å². The molecule has 0 aliphatic carbocycles. The van der Waals surface area contributed by atoms with Crippen molar-refractivity contribution in [2.75, 3.05) is 19.6 Å². The SMILES string of the molecule is C[C@@H]1CNCCN1Cc1cnn(Cc2ccc(F)cc2)c1.Cl. The molecule has 1 aromatic carbocycles. The van der Waals surface area contributed by atoms with Gasteiger partial charge in [0.2, 0.25) is 0 Å². The summed E-state index contributed by atoms with van der Waals surface area (Å²) in [6.45, 7) is 7.03. The second-order valence-corrected chi connectivity index (χ2v) is 5.70. The summed E-state index contributed by atoms with van der Waals surface area (Å²) >= 11 is 0. The Morgan fingerprint density at radius 3 is 2.73 bits per heavy atom. The fourth-order valence-electron chi connectivity index (χ4n) is 2.70. The Bertz CT molecular complexity index is 584. The molecule has 1 N–H and O–H groups in total. The number of hydrogen-bond acceptors (Lipinski definition) is 3. The Kier molecular flexibility index (Phi) is 5.94. The van der Waals surface area contributed by atoms with Gasteiger partial charge in [0.1, 0.15) is 5.82 Å². The van der Waals surface area contributed by atoms with Crippen LogP contribution < -0.4 is 5.32 Å². The number of rotatable bonds is 4. The number of aromatic nitrogens is 2. The molecule has 120 valence electrons. The van der Waals surface area contributed by atoms with Crippen molar-refractivity contribution in [3.8, 4) is 0 Å². The highest BCUT2D eigenvalue weighted by Gasteiger charge is 2.18. The van der Waals surface area contributed by atoms with Crippen LogP contribution in [-0.2, 0) is 13.1 Å². The van der Waals surface area contributed by atoms with E-state index in [2.05, 4.69) is 28.4 Å². The minimum atomic E-state index is -0.201. The molecule has 0 saturated carbocycles. The Morgan fingerprint density at radius 2 is 2.00 bits per heavy atom. The maximum atomic E-state index is 12.9. The van der Waals surface area contributed by atoms with Crippen molar-refractivity contribution in [2.24, 2.45) is 0 Å². The van der Waals surface area contributed by atoms with Crippen LogP contribution in [0.3, 0.4) is 0 Å². The molecule has 0 amide bonds.